The lowest BCUT2D eigenvalue weighted by molar-refractivity contribution is 1.17. The molecule has 9 rings (SSSR count). The van der Waals surface area contributed by atoms with Crippen molar-refractivity contribution in [3.05, 3.63) is 229 Å². The van der Waals surface area contributed by atoms with Crippen molar-refractivity contribution in [1.82, 2.24) is 9.97 Å². The lowest BCUT2D eigenvalue weighted by Crippen LogP contribution is -2.16. The SMILES string of the molecule is C1=CN(c2cccc(-c3ccccc3-c3ccccc3)n2)C=CC1=c1ccc(=C2C=CN(c3cccc(-c4ccccc4-c4ccccc4)n3)C=C2)cc1. The summed E-state index contributed by atoms with van der Waals surface area (Å²) in [6, 6.07) is 59.0. The standard InChI is InChI=1S/C50H36N4/c1-3-13-41(14-4-1)43-17-7-9-19-45(43)47-21-11-23-49(51-47)53-33-29-39(30-34-53)37-25-27-38(28-26-37)40-31-35-54(36-32-40)50-24-12-22-48(52-50)46-20-10-8-18-44(46)42-15-5-2-6-16-42/h1-36H. The van der Waals surface area contributed by atoms with Crippen molar-refractivity contribution in [3.8, 4) is 44.8 Å². The van der Waals surface area contributed by atoms with Crippen LogP contribution in [0.5, 0.6) is 0 Å². The molecular weight excluding hydrogens is 657 g/mol. The quantitative estimate of drug-likeness (QED) is 0.174. The van der Waals surface area contributed by atoms with Gasteiger partial charge in [0, 0.05) is 35.9 Å². The Morgan fingerprint density at radius 3 is 1.04 bits per heavy atom. The zero-order valence-electron chi connectivity index (χ0n) is 29.6. The Labute approximate surface area is 315 Å². The maximum atomic E-state index is 5.06. The first-order valence-electron chi connectivity index (χ1n) is 18.1. The summed E-state index contributed by atoms with van der Waals surface area (Å²) in [4.78, 5) is 14.3. The highest BCUT2D eigenvalue weighted by molar-refractivity contribution is 5.84. The van der Waals surface area contributed by atoms with Crippen molar-refractivity contribution in [2.45, 2.75) is 0 Å². The first-order valence-corrected chi connectivity index (χ1v) is 18.1. The Kier molecular flexibility index (Phi) is 8.90. The van der Waals surface area contributed by atoms with Crippen molar-refractivity contribution < 1.29 is 0 Å². The Hall–Kier alpha value is -7.30. The molecule has 0 saturated carbocycles. The van der Waals surface area contributed by atoms with Crippen LogP contribution in [0.2, 0.25) is 0 Å². The molecule has 2 aliphatic heterocycles. The maximum Gasteiger partial charge on any atom is 0.137 e. The summed E-state index contributed by atoms with van der Waals surface area (Å²) >= 11 is 0. The van der Waals surface area contributed by atoms with Crippen molar-refractivity contribution in [2.24, 2.45) is 0 Å². The second-order valence-electron chi connectivity index (χ2n) is 13.2. The molecule has 54 heavy (non-hydrogen) atoms. The zero-order chi connectivity index (χ0) is 36.1. The topological polar surface area (TPSA) is 32.3 Å². The molecule has 0 fully saturated rings. The van der Waals surface area contributed by atoms with Gasteiger partial charge in [-0.25, -0.2) is 9.97 Å². The van der Waals surface area contributed by atoms with Crippen molar-refractivity contribution >= 4 is 22.8 Å². The second kappa shape index (κ2) is 14.7. The van der Waals surface area contributed by atoms with Crippen molar-refractivity contribution in [3.63, 3.8) is 0 Å². The van der Waals surface area contributed by atoms with E-state index in [1.807, 2.05) is 24.3 Å². The summed E-state index contributed by atoms with van der Waals surface area (Å²) in [7, 11) is 0. The monoisotopic (exact) mass is 692 g/mol. The predicted molar refractivity (Wildman–Crippen MR) is 224 cm³/mol. The van der Waals surface area contributed by atoms with Gasteiger partial charge in [0.15, 0.2) is 0 Å². The molecule has 2 aliphatic rings. The van der Waals surface area contributed by atoms with E-state index >= 15 is 0 Å². The molecule has 0 saturated heterocycles. The fraction of sp³-hybridized carbons (Fsp3) is 0. The molecule has 0 amide bonds. The van der Waals surface area contributed by atoms with Gasteiger partial charge in [0.05, 0.1) is 11.4 Å². The fourth-order valence-corrected chi connectivity index (χ4v) is 6.98. The molecule has 0 aliphatic carbocycles. The summed E-state index contributed by atoms with van der Waals surface area (Å²) in [5.41, 5.74) is 11.1. The van der Waals surface area contributed by atoms with Gasteiger partial charge in [-0.15, -0.1) is 0 Å². The molecule has 0 radical (unpaired) electrons. The number of benzene rings is 5. The summed E-state index contributed by atoms with van der Waals surface area (Å²) in [6.45, 7) is 0. The average Bonchev–Trinajstić information content (AvgIpc) is 3.27. The third-order valence-electron chi connectivity index (χ3n) is 9.78. The molecule has 7 aromatic rings. The van der Waals surface area contributed by atoms with Gasteiger partial charge in [0.1, 0.15) is 11.6 Å². The van der Waals surface area contributed by atoms with E-state index in [1.54, 1.807) is 0 Å². The van der Waals surface area contributed by atoms with Crippen LogP contribution >= 0.6 is 0 Å². The Morgan fingerprint density at radius 2 is 0.648 bits per heavy atom. The summed E-state index contributed by atoms with van der Waals surface area (Å²) < 4.78 is 0. The van der Waals surface area contributed by atoms with Gasteiger partial charge in [-0.3, -0.25) is 0 Å². The van der Waals surface area contributed by atoms with Gasteiger partial charge < -0.3 is 9.80 Å². The molecule has 4 nitrogen and oxygen atoms in total. The number of aromatic nitrogens is 2. The zero-order valence-corrected chi connectivity index (χ0v) is 29.6. The lowest BCUT2D eigenvalue weighted by atomic mass is 9.97. The molecule has 256 valence electrons. The predicted octanol–water partition coefficient (Wildman–Crippen LogP) is 10.5. The third-order valence-corrected chi connectivity index (χ3v) is 9.78. The first-order chi connectivity index (χ1) is 26.8. The number of rotatable bonds is 6. The van der Waals surface area contributed by atoms with Crippen LogP contribution in [0.25, 0.3) is 55.9 Å². The highest BCUT2D eigenvalue weighted by Gasteiger charge is 2.13. The molecule has 5 aromatic carbocycles. The van der Waals surface area contributed by atoms with Crippen LogP contribution in [0, 0.1) is 0 Å². The minimum atomic E-state index is 0.873. The van der Waals surface area contributed by atoms with Gasteiger partial charge in [-0.2, -0.15) is 0 Å². The average molecular weight is 693 g/mol. The van der Waals surface area contributed by atoms with Crippen molar-refractivity contribution in [1.29, 1.82) is 0 Å². The van der Waals surface area contributed by atoms with Crippen molar-refractivity contribution in [2.75, 3.05) is 9.80 Å². The molecular formula is C50H36N4. The highest BCUT2D eigenvalue weighted by atomic mass is 15.2. The lowest BCUT2D eigenvalue weighted by Gasteiger charge is -2.19. The van der Waals surface area contributed by atoms with E-state index in [4.69, 9.17) is 9.97 Å². The van der Waals surface area contributed by atoms with Crippen LogP contribution in [-0.2, 0) is 0 Å². The molecule has 0 N–H and O–H groups in total. The molecule has 0 bridgehead atoms. The molecule has 0 unspecified atom stereocenters. The summed E-state index contributed by atoms with van der Waals surface area (Å²) in [5.74, 6) is 1.75. The number of nitrogens with zero attached hydrogens (tertiary/aromatic N) is 4. The van der Waals surface area contributed by atoms with E-state index in [2.05, 4.69) is 204 Å². The number of pyridine rings is 2. The largest absolute Gasteiger partial charge is 0.309 e. The van der Waals surface area contributed by atoms with Gasteiger partial charge in [-0.1, -0.05) is 146 Å². The Morgan fingerprint density at radius 1 is 0.296 bits per heavy atom. The van der Waals surface area contributed by atoms with Crippen LogP contribution < -0.4 is 20.2 Å². The van der Waals surface area contributed by atoms with Crippen LogP contribution in [0.3, 0.4) is 0 Å². The van der Waals surface area contributed by atoms with E-state index in [0.717, 1.165) is 55.7 Å². The van der Waals surface area contributed by atoms with E-state index in [1.165, 1.54) is 22.3 Å². The Balaban J connectivity index is 0.917. The molecule has 4 heteroatoms. The van der Waals surface area contributed by atoms with Gasteiger partial charge in [0.25, 0.3) is 0 Å². The third kappa shape index (κ3) is 6.72. The maximum absolute atomic E-state index is 5.06. The van der Waals surface area contributed by atoms with E-state index in [0.29, 0.717) is 0 Å². The number of hydrogen-bond acceptors (Lipinski definition) is 4. The molecule has 0 atom stereocenters. The summed E-state index contributed by atoms with van der Waals surface area (Å²) in [5, 5.41) is 2.32. The van der Waals surface area contributed by atoms with E-state index < -0.39 is 0 Å². The molecule has 2 aromatic heterocycles. The fourth-order valence-electron chi connectivity index (χ4n) is 6.98. The van der Waals surface area contributed by atoms with Crippen LogP contribution in [0.4, 0.5) is 11.6 Å². The summed E-state index contributed by atoms with van der Waals surface area (Å²) in [6.07, 6.45) is 16.9. The van der Waals surface area contributed by atoms with Crippen LogP contribution in [0.15, 0.2) is 219 Å². The smallest absolute Gasteiger partial charge is 0.137 e. The van der Waals surface area contributed by atoms with Gasteiger partial charge >= 0.3 is 0 Å². The van der Waals surface area contributed by atoms with Crippen LogP contribution in [0.1, 0.15) is 0 Å². The molecule has 4 heterocycles. The second-order valence-corrected chi connectivity index (χ2v) is 13.2. The minimum absolute atomic E-state index is 0.873. The number of allylic oxidation sites excluding steroid dienone is 4. The highest BCUT2D eigenvalue weighted by Crippen LogP contribution is 2.33. The number of hydrogen-bond donors (Lipinski definition) is 0. The van der Waals surface area contributed by atoms with Crippen LogP contribution in [-0.4, -0.2) is 9.97 Å². The molecule has 0 spiro atoms. The number of anilines is 2. The Bertz CT molecular complexity index is 2480. The normalized spacial score (nSPS) is 13.5. The van der Waals surface area contributed by atoms with E-state index in [9.17, 15) is 0 Å². The minimum Gasteiger partial charge on any atom is -0.309 e. The van der Waals surface area contributed by atoms with E-state index in [-0.39, 0.29) is 0 Å². The van der Waals surface area contributed by atoms with Gasteiger partial charge in [-0.05, 0) is 92.4 Å². The van der Waals surface area contributed by atoms with Gasteiger partial charge in [0.2, 0.25) is 0 Å². The first kappa shape index (κ1) is 32.6.